The molecule has 0 atom stereocenters. The van der Waals surface area contributed by atoms with Gasteiger partial charge in [-0.15, -0.1) is 10.2 Å². The molecule has 3 aromatic rings. The van der Waals surface area contributed by atoms with Gasteiger partial charge in [-0.3, -0.25) is 14.1 Å². The van der Waals surface area contributed by atoms with Crippen LogP contribution in [0.1, 0.15) is 24.6 Å². The summed E-state index contributed by atoms with van der Waals surface area (Å²) in [6.45, 7) is 1.95. The maximum Gasteiger partial charge on any atom is 0.238 e. The van der Waals surface area contributed by atoms with E-state index in [0.717, 1.165) is 37.4 Å². The Morgan fingerprint density at radius 1 is 1.17 bits per heavy atom. The number of piperidine rings is 1. The number of rotatable bonds is 6. The van der Waals surface area contributed by atoms with Crippen molar-refractivity contribution in [1.82, 2.24) is 19.5 Å². The average Bonchev–Trinajstić information content (AvgIpc) is 3.19. The fourth-order valence-electron chi connectivity index (χ4n) is 3.84. The van der Waals surface area contributed by atoms with Crippen LogP contribution in [0.2, 0.25) is 5.02 Å². The Morgan fingerprint density at radius 3 is 2.67 bits per heavy atom. The van der Waals surface area contributed by atoms with Gasteiger partial charge >= 0.3 is 0 Å². The number of hydrogen-bond donors (Lipinski definition) is 1. The Morgan fingerprint density at radius 2 is 1.93 bits per heavy atom. The summed E-state index contributed by atoms with van der Waals surface area (Å²) in [7, 11) is 3.07. The first kappa shape index (κ1) is 20.4. The summed E-state index contributed by atoms with van der Waals surface area (Å²) in [4.78, 5) is 14.7. The molecule has 8 nitrogen and oxygen atoms in total. The smallest absolute Gasteiger partial charge is 0.238 e. The number of carbonyl (C=O) groups is 1. The van der Waals surface area contributed by atoms with Crippen LogP contribution in [0, 0.1) is 0 Å². The van der Waals surface area contributed by atoms with Gasteiger partial charge in [0.1, 0.15) is 17.3 Å². The van der Waals surface area contributed by atoms with Gasteiger partial charge in [-0.2, -0.15) is 0 Å². The summed E-state index contributed by atoms with van der Waals surface area (Å²) < 4.78 is 12.6. The molecule has 30 heavy (non-hydrogen) atoms. The number of aromatic nitrogens is 3. The van der Waals surface area contributed by atoms with Gasteiger partial charge in [0, 0.05) is 18.2 Å². The first-order valence-corrected chi connectivity index (χ1v) is 10.2. The molecule has 1 aliphatic heterocycles. The van der Waals surface area contributed by atoms with Crippen molar-refractivity contribution in [3.63, 3.8) is 0 Å². The lowest BCUT2D eigenvalue weighted by atomic mass is 9.96. The highest BCUT2D eigenvalue weighted by atomic mass is 35.5. The zero-order chi connectivity index (χ0) is 21.1. The monoisotopic (exact) mass is 429 g/mol. The van der Waals surface area contributed by atoms with Crippen molar-refractivity contribution in [1.29, 1.82) is 0 Å². The first-order chi connectivity index (χ1) is 14.6. The van der Waals surface area contributed by atoms with Gasteiger partial charge in [-0.25, -0.2) is 0 Å². The lowest BCUT2D eigenvalue weighted by molar-refractivity contribution is -0.117. The van der Waals surface area contributed by atoms with Crippen LogP contribution >= 0.6 is 11.6 Å². The number of carbonyl (C=O) groups excluding carboxylic acids is 1. The Labute approximate surface area is 179 Å². The van der Waals surface area contributed by atoms with Crippen molar-refractivity contribution < 1.29 is 14.3 Å². The molecule has 0 spiro atoms. The van der Waals surface area contributed by atoms with Crippen LogP contribution in [0.15, 0.2) is 36.5 Å². The molecule has 0 aliphatic carbocycles. The van der Waals surface area contributed by atoms with E-state index in [0.29, 0.717) is 34.7 Å². The molecule has 0 radical (unpaired) electrons. The lowest BCUT2D eigenvalue weighted by Gasteiger charge is -2.30. The molecule has 0 unspecified atom stereocenters. The first-order valence-electron chi connectivity index (χ1n) is 9.82. The summed E-state index contributed by atoms with van der Waals surface area (Å²) in [5.74, 6) is 2.21. The van der Waals surface area contributed by atoms with Crippen molar-refractivity contribution in [3.8, 4) is 11.5 Å². The van der Waals surface area contributed by atoms with E-state index in [2.05, 4.69) is 20.4 Å². The third-order valence-corrected chi connectivity index (χ3v) is 5.70. The second-order valence-corrected chi connectivity index (χ2v) is 7.68. The zero-order valence-electron chi connectivity index (χ0n) is 17.0. The number of ether oxygens (including phenoxy) is 2. The minimum Gasteiger partial charge on any atom is -0.495 e. The molecule has 1 aliphatic rings. The van der Waals surface area contributed by atoms with Crippen LogP contribution in [-0.4, -0.2) is 59.3 Å². The van der Waals surface area contributed by atoms with Crippen LogP contribution < -0.4 is 14.8 Å². The topological polar surface area (TPSA) is 81.0 Å². The molecule has 0 saturated carbocycles. The van der Waals surface area contributed by atoms with Crippen LogP contribution in [0.3, 0.4) is 0 Å². The van der Waals surface area contributed by atoms with Crippen LogP contribution in [0.5, 0.6) is 11.5 Å². The fourth-order valence-corrected chi connectivity index (χ4v) is 4.08. The van der Waals surface area contributed by atoms with Gasteiger partial charge in [0.2, 0.25) is 5.91 Å². The number of nitrogens with zero attached hydrogens (tertiary/aromatic N) is 4. The molecule has 1 amide bonds. The summed E-state index contributed by atoms with van der Waals surface area (Å²) in [5.41, 5.74) is 1.39. The highest BCUT2D eigenvalue weighted by Gasteiger charge is 2.25. The second-order valence-electron chi connectivity index (χ2n) is 7.27. The van der Waals surface area contributed by atoms with E-state index >= 15 is 0 Å². The third kappa shape index (κ3) is 4.20. The van der Waals surface area contributed by atoms with Crippen molar-refractivity contribution in [3.05, 3.63) is 47.4 Å². The lowest BCUT2D eigenvalue weighted by Crippen LogP contribution is -2.39. The molecular weight excluding hydrogens is 406 g/mol. The normalized spacial score (nSPS) is 15.3. The number of nitrogens with one attached hydrogen (secondary N) is 1. The van der Waals surface area contributed by atoms with Gasteiger partial charge in [0.15, 0.2) is 5.65 Å². The molecule has 1 saturated heterocycles. The minimum absolute atomic E-state index is 0.110. The molecule has 1 N–H and O–H groups in total. The van der Waals surface area contributed by atoms with E-state index in [4.69, 9.17) is 21.1 Å². The molecule has 2 aromatic heterocycles. The number of likely N-dealkylation sites (tertiary alicyclic amines) is 1. The SMILES string of the molecule is COc1cc(OC)c(NC(=O)CN2CCC(c3nnc4ccccn34)CC2)cc1Cl. The molecule has 1 fully saturated rings. The van der Waals surface area contributed by atoms with Gasteiger partial charge in [0.05, 0.1) is 31.5 Å². The number of benzene rings is 1. The van der Waals surface area contributed by atoms with E-state index in [1.54, 1.807) is 12.1 Å². The number of amides is 1. The van der Waals surface area contributed by atoms with Crippen molar-refractivity contribution >= 4 is 28.8 Å². The molecule has 0 bridgehead atoms. The predicted octanol–water partition coefficient (Wildman–Crippen LogP) is 3.22. The molecular formula is C21H24ClN5O3. The van der Waals surface area contributed by atoms with Crippen LogP contribution in [-0.2, 0) is 4.79 Å². The van der Waals surface area contributed by atoms with Gasteiger partial charge in [-0.1, -0.05) is 17.7 Å². The molecule has 158 valence electrons. The third-order valence-electron chi connectivity index (χ3n) is 5.41. The minimum atomic E-state index is -0.110. The fraction of sp³-hybridized carbons (Fsp3) is 0.381. The molecule has 3 heterocycles. The standard InChI is InChI=1S/C21H24ClN5O3/c1-29-17-12-18(30-2)16(11-15(17)22)23-20(28)13-26-9-6-14(7-10-26)21-25-24-19-5-3-4-8-27(19)21/h3-5,8,11-12,14H,6-7,9-10,13H2,1-2H3,(H,23,28). The molecule has 4 rings (SSSR count). The molecule has 1 aromatic carbocycles. The van der Waals surface area contributed by atoms with Crippen molar-refractivity contribution in [2.45, 2.75) is 18.8 Å². The summed E-state index contributed by atoms with van der Waals surface area (Å²) in [6.07, 6.45) is 3.86. The maximum atomic E-state index is 12.6. The summed E-state index contributed by atoms with van der Waals surface area (Å²) in [5, 5.41) is 11.9. The zero-order valence-corrected chi connectivity index (χ0v) is 17.7. The van der Waals surface area contributed by atoms with E-state index in [9.17, 15) is 4.79 Å². The largest absolute Gasteiger partial charge is 0.495 e. The number of pyridine rings is 1. The van der Waals surface area contributed by atoms with Crippen molar-refractivity contribution in [2.24, 2.45) is 0 Å². The van der Waals surface area contributed by atoms with Crippen LogP contribution in [0.4, 0.5) is 5.69 Å². The number of methoxy groups -OCH3 is 2. The number of fused-ring (bicyclic) bond motifs is 1. The predicted molar refractivity (Wildman–Crippen MR) is 115 cm³/mol. The maximum absolute atomic E-state index is 12.6. The Bertz CT molecular complexity index is 1050. The molecule has 9 heteroatoms. The van der Waals surface area contributed by atoms with Gasteiger partial charge < -0.3 is 14.8 Å². The summed E-state index contributed by atoms with van der Waals surface area (Å²) in [6, 6.07) is 9.20. The van der Waals surface area contributed by atoms with Crippen molar-refractivity contribution in [2.75, 3.05) is 39.2 Å². The highest BCUT2D eigenvalue weighted by Crippen LogP contribution is 2.36. The van der Waals surface area contributed by atoms with E-state index in [1.807, 2.05) is 28.8 Å². The number of hydrogen-bond acceptors (Lipinski definition) is 6. The quantitative estimate of drug-likeness (QED) is 0.648. The van der Waals surface area contributed by atoms with E-state index in [1.165, 1.54) is 14.2 Å². The number of anilines is 1. The second kappa shape index (κ2) is 8.89. The van der Waals surface area contributed by atoms with Gasteiger partial charge in [0.25, 0.3) is 0 Å². The highest BCUT2D eigenvalue weighted by molar-refractivity contribution is 6.32. The van der Waals surface area contributed by atoms with Gasteiger partial charge in [-0.05, 0) is 44.1 Å². The Hall–Kier alpha value is -2.84. The average molecular weight is 430 g/mol. The van der Waals surface area contributed by atoms with E-state index in [-0.39, 0.29) is 5.91 Å². The Balaban J connectivity index is 1.35. The summed E-state index contributed by atoms with van der Waals surface area (Å²) >= 11 is 6.18. The van der Waals surface area contributed by atoms with E-state index < -0.39 is 0 Å². The van der Waals surface area contributed by atoms with Crippen LogP contribution in [0.25, 0.3) is 5.65 Å². The Kier molecular flexibility index (Phi) is 6.06. The number of halogens is 1.